The summed E-state index contributed by atoms with van der Waals surface area (Å²) in [7, 11) is 4.08. The average Bonchev–Trinajstić information content (AvgIpc) is 3.42. The lowest BCUT2D eigenvalue weighted by Gasteiger charge is -2.51. The monoisotopic (exact) mass is 536 g/mol. The minimum absolute atomic E-state index is 0.0103. The first-order valence-corrected chi connectivity index (χ1v) is 13.9. The molecule has 3 saturated heterocycles. The van der Waals surface area contributed by atoms with Crippen molar-refractivity contribution in [3.63, 3.8) is 0 Å². The van der Waals surface area contributed by atoms with Crippen LogP contribution in [0.5, 0.6) is 0 Å². The highest BCUT2D eigenvalue weighted by atomic mass is 19.4. The predicted molar refractivity (Wildman–Crippen MR) is 138 cm³/mol. The minimum Gasteiger partial charge on any atom is -0.380 e. The van der Waals surface area contributed by atoms with Gasteiger partial charge in [-0.1, -0.05) is 6.42 Å². The van der Waals surface area contributed by atoms with Crippen LogP contribution in [0.15, 0.2) is 23.3 Å². The van der Waals surface area contributed by atoms with E-state index in [1.807, 2.05) is 7.05 Å². The van der Waals surface area contributed by atoms with Gasteiger partial charge in [0.2, 0.25) is 0 Å². The van der Waals surface area contributed by atoms with Crippen molar-refractivity contribution in [3.8, 4) is 0 Å². The maximum Gasteiger partial charge on any atom is 0.418 e. The van der Waals surface area contributed by atoms with Crippen LogP contribution in [0, 0.1) is 11.3 Å². The number of hydrogen-bond donors (Lipinski definition) is 2. The van der Waals surface area contributed by atoms with E-state index in [1.54, 1.807) is 10.8 Å². The summed E-state index contributed by atoms with van der Waals surface area (Å²) in [6.07, 6.45) is 5.12. The Balaban J connectivity index is 1.32. The summed E-state index contributed by atoms with van der Waals surface area (Å²) in [5.74, 6) is 0.347. The number of alkyl halides is 3. The number of aromatic nitrogens is 2. The normalized spacial score (nSPS) is 31.1. The van der Waals surface area contributed by atoms with Crippen LogP contribution in [-0.2, 0) is 10.9 Å². The third-order valence-corrected chi connectivity index (χ3v) is 9.63. The third kappa shape index (κ3) is 4.70. The molecule has 2 N–H and O–H groups in total. The highest BCUT2D eigenvalue weighted by molar-refractivity contribution is 5.56. The number of ether oxygens (including phenoxy) is 1. The fourth-order valence-electron chi connectivity index (χ4n) is 7.34. The number of likely N-dealkylation sites (N-methyl/N-ethyl adjacent to an activating group) is 1. The molecular weight excluding hydrogens is 497 g/mol. The smallest absolute Gasteiger partial charge is 0.380 e. The van der Waals surface area contributed by atoms with Gasteiger partial charge >= 0.3 is 11.9 Å². The Morgan fingerprint density at radius 3 is 2.61 bits per heavy atom. The molecule has 5 heterocycles. The molecule has 38 heavy (non-hydrogen) atoms. The fraction of sp³-hybridized carbons (Fsp3) is 0.741. The van der Waals surface area contributed by atoms with Crippen LogP contribution in [0.4, 0.5) is 13.2 Å². The molecular formula is C27H39F3N6O2. The number of imidazole rings is 1. The number of rotatable bonds is 5. The van der Waals surface area contributed by atoms with Gasteiger partial charge in [0, 0.05) is 30.4 Å². The number of piperidine rings is 1. The number of halogens is 3. The van der Waals surface area contributed by atoms with E-state index >= 15 is 0 Å². The molecule has 4 atom stereocenters. The molecule has 4 unspecified atom stereocenters. The van der Waals surface area contributed by atoms with Gasteiger partial charge in [-0.05, 0) is 82.6 Å². The maximum absolute atomic E-state index is 14.3. The lowest BCUT2D eigenvalue weighted by Crippen LogP contribution is -2.54. The summed E-state index contributed by atoms with van der Waals surface area (Å²) < 4.78 is 51.4. The summed E-state index contributed by atoms with van der Waals surface area (Å²) >= 11 is 0. The Morgan fingerprint density at radius 1 is 1.13 bits per heavy atom. The van der Waals surface area contributed by atoms with Gasteiger partial charge in [0.25, 0.3) is 0 Å². The van der Waals surface area contributed by atoms with E-state index in [-0.39, 0.29) is 34.7 Å². The van der Waals surface area contributed by atoms with Crippen molar-refractivity contribution in [1.29, 1.82) is 0 Å². The number of nitrogens with one attached hydrogen (secondary N) is 2. The molecule has 2 aromatic rings. The zero-order valence-electron chi connectivity index (χ0n) is 22.3. The Bertz CT molecular complexity index is 1220. The van der Waals surface area contributed by atoms with E-state index in [0.717, 1.165) is 58.2 Å². The summed E-state index contributed by atoms with van der Waals surface area (Å²) in [6.45, 7) is 3.82. The molecule has 6 rings (SSSR count). The SMILES string of the molecule is CN1CCCC(c2cc(C(F)(F)F)c3cn(C4CCCC(C5(CC6NNCN6C)COC5)C4)c(=O)n3c2)C1. The lowest BCUT2D eigenvalue weighted by molar-refractivity contribution is -0.167. The molecule has 0 spiro atoms. The molecule has 1 aliphatic carbocycles. The quantitative estimate of drug-likeness (QED) is 0.611. The number of hydrogen-bond acceptors (Lipinski definition) is 6. The van der Waals surface area contributed by atoms with E-state index < -0.39 is 11.7 Å². The van der Waals surface area contributed by atoms with Crippen LogP contribution >= 0.6 is 0 Å². The van der Waals surface area contributed by atoms with Gasteiger partial charge in [0.05, 0.1) is 37.1 Å². The van der Waals surface area contributed by atoms with Gasteiger partial charge in [-0.15, -0.1) is 0 Å². The molecule has 4 fully saturated rings. The molecule has 0 aromatic carbocycles. The lowest BCUT2D eigenvalue weighted by atomic mass is 9.64. The predicted octanol–water partition coefficient (Wildman–Crippen LogP) is 3.39. The van der Waals surface area contributed by atoms with Crippen LogP contribution < -0.4 is 16.5 Å². The Hall–Kier alpha value is -1.92. The molecule has 0 amide bonds. The van der Waals surface area contributed by atoms with Gasteiger partial charge in [0.15, 0.2) is 0 Å². The number of likely N-dealkylation sites (tertiary alicyclic amines) is 1. The molecule has 1 saturated carbocycles. The minimum atomic E-state index is -4.53. The number of fused-ring (bicyclic) bond motifs is 1. The van der Waals surface area contributed by atoms with Gasteiger partial charge in [-0.25, -0.2) is 15.6 Å². The number of hydrazine groups is 1. The summed E-state index contributed by atoms with van der Waals surface area (Å²) in [5, 5.41) is 0. The molecule has 8 nitrogen and oxygen atoms in total. The molecule has 0 bridgehead atoms. The standard InChI is InChI=1S/C27H39F3N6O2/c1-33-8-4-5-18(12-33)19-9-22(27(28,29)30)23-14-35(25(37)36(23)13-19)21-7-3-6-20(10-21)26(15-38-16-26)11-24-32-31-17-34(24)2/h9,13-14,18,20-21,24,31-32H,3-8,10-12,15-17H2,1-2H3. The average molecular weight is 537 g/mol. The highest BCUT2D eigenvalue weighted by Gasteiger charge is 2.49. The molecule has 2 aromatic heterocycles. The van der Waals surface area contributed by atoms with Crippen molar-refractivity contribution in [3.05, 3.63) is 40.1 Å². The van der Waals surface area contributed by atoms with Crippen molar-refractivity contribution >= 4 is 5.52 Å². The number of nitrogens with zero attached hydrogens (tertiary/aromatic N) is 4. The van der Waals surface area contributed by atoms with Gasteiger partial charge in [0.1, 0.15) is 0 Å². The van der Waals surface area contributed by atoms with Crippen LogP contribution in [0.25, 0.3) is 5.52 Å². The second-order valence-corrected chi connectivity index (χ2v) is 12.2. The highest BCUT2D eigenvalue weighted by Crippen LogP contribution is 2.49. The van der Waals surface area contributed by atoms with Crippen LogP contribution in [0.1, 0.15) is 68.0 Å². The van der Waals surface area contributed by atoms with Crippen molar-refractivity contribution in [2.24, 2.45) is 11.3 Å². The van der Waals surface area contributed by atoms with E-state index in [1.165, 1.54) is 16.7 Å². The van der Waals surface area contributed by atoms with Crippen LogP contribution in [-0.4, -0.2) is 72.0 Å². The van der Waals surface area contributed by atoms with Crippen molar-refractivity contribution in [2.45, 2.75) is 69.2 Å². The van der Waals surface area contributed by atoms with Gasteiger partial charge in [-0.3, -0.25) is 13.9 Å². The first-order chi connectivity index (χ1) is 18.1. The first kappa shape index (κ1) is 26.3. The molecule has 11 heteroatoms. The summed E-state index contributed by atoms with van der Waals surface area (Å²) in [4.78, 5) is 18.1. The molecule has 4 aliphatic rings. The van der Waals surface area contributed by atoms with Crippen LogP contribution in [0.2, 0.25) is 0 Å². The van der Waals surface area contributed by atoms with Crippen molar-refractivity contribution in [2.75, 3.05) is 47.1 Å². The second kappa shape index (κ2) is 9.92. The zero-order chi connectivity index (χ0) is 26.7. The molecule has 3 aliphatic heterocycles. The largest absolute Gasteiger partial charge is 0.418 e. The Labute approximate surface area is 221 Å². The number of pyridine rings is 1. The second-order valence-electron chi connectivity index (χ2n) is 12.2. The molecule has 0 radical (unpaired) electrons. The Kier molecular flexibility index (Phi) is 6.87. The van der Waals surface area contributed by atoms with Gasteiger partial charge in [-0.2, -0.15) is 13.2 Å². The topological polar surface area (TPSA) is 66.2 Å². The van der Waals surface area contributed by atoms with Crippen molar-refractivity contribution < 1.29 is 17.9 Å². The molecule has 210 valence electrons. The van der Waals surface area contributed by atoms with Crippen LogP contribution in [0.3, 0.4) is 0 Å². The summed E-state index contributed by atoms with van der Waals surface area (Å²) in [6, 6.07) is 1.17. The fourth-order valence-corrected chi connectivity index (χ4v) is 7.34. The first-order valence-electron chi connectivity index (χ1n) is 13.9. The van der Waals surface area contributed by atoms with Crippen molar-refractivity contribution in [1.82, 2.24) is 29.6 Å². The summed E-state index contributed by atoms with van der Waals surface area (Å²) in [5.41, 5.74) is 6.06. The Morgan fingerprint density at radius 2 is 1.95 bits per heavy atom. The third-order valence-electron chi connectivity index (χ3n) is 9.63. The van der Waals surface area contributed by atoms with E-state index in [2.05, 4.69) is 27.7 Å². The van der Waals surface area contributed by atoms with Gasteiger partial charge < -0.3 is 9.64 Å². The van der Waals surface area contributed by atoms with E-state index in [4.69, 9.17) is 4.74 Å². The maximum atomic E-state index is 14.3. The zero-order valence-corrected chi connectivity index (χ0v) is 22.3. The van der Waals surface area contributed by atoms with E-state index in [9.17, 15) is 18.0 Å². The van der Waals surface area contributed by atoms with E-state index in [0.29, 0.717) is 31.2 Å².